The molecule has 0 atom stereocenters. The van der Waals surface area contributed by atoms with E-state index in [1.807, 2.05) is 29.1 Å². The molecule has 2 aromatic heterocycles. The Balaban J connectivity index is 1.64. The van der Waals surface area contributed by atoms with Crippen LogP contribution in [0.25, 0.3) is 22.2 Å². The molecule has 0 saturated heterocycles. The minimum absolute atomic E-state index is 0.0498. The van der Waals surface area contributed by atoms with Gasteiger partial charge in [-0.1, -0.05) is 42.6 Å². The quantitative estimate of drug-likeness (QED) is 0.401. The first kappa shape index (κ1) is 19.3. The van der Waals surface area contributed by atoms with Crippen molar-refractivity contribution in [2.24, 2.45) is 0 Å². The summed E-state index contributed by atoms with van der Waals surface area (Å²) in [5, 5.41) is 12.6. The number of aromatic nitrogens is 5. The second kappa shape index (κ2) is 8.53. The molecule has 0 saturated carbocycles. The van der Waals surface area contributed by atoms with E-state index in [-0.39, 0.29) is 5.02 Å². The second-order valence-electron chi connectivity index (χ2n) is 6.78. The molecule has 148 valence electrons. The SMILES string of the molecule is CCCCCn1cc(-c2ccc3ncnc(Nc4ccc(F)c(Cl)c4)c3c2)nn1. The number of fused-ring (bicyclic) bond motifs is 1. The van der Waals surface area contributed by atoms with Gasteiger partial charge in [-0.15, -0.1) is 5.10 Å². The van der Waals surface area contributed by atoms with E-state index in [1.165, 1.54) is 31.3 Å². The maximum Gasteiger partial charge on any atom is 0.141 e. The fraction of sp³-hybridized carbons (Fsp3) is 0.238. The number of rotatable bonds is 7. The van der Waals surface area contributed by atoms with Gasteiger partial charge in [0.25, 0.3) is 0 Å². The monoisotopic (exact) mass is 410 g/mol. The molecule has 29 heavy (non-hydrogen) atoms. The Labute approximate surface area is 172 Å². The Hall–Kier alpha value is -3.06. The van der Waals surface area contributed by atoms with Crippen molar-refractivity contribution in [2.75, 3.05) is 5.32 Å². The van der Waals surface area contributed by atoms with Gasteiger partial charge < -0.3 is 5.32 Å². The largest absolute Gasteiger partial charge is 0.340 e. The van der Waals surface area contributed by atoms with Crippen LogP contribution in [0.15, 0.2) is 48.9 Å². The number of nitrogens with zero attached hydrogens (tertiary/aromatic N) is 5. The van der Waals surface area contributed by atoms with Gasteiger partial charge in [-0.3, -0.25) is 4.68 Å². The molecule has 0 aliphatic rings. The van der Waals surface area contributed by atoms with E-state index >= 15 is 0 Å². The minimum Gasteiger partial charge on any atom is -0.340 e. The van der Waals surface area contributed by atoms with Crippen molar-refractivity contribution in [1.29, 1.82) is 0 Å². The van der Waals surface area contributed by atoms with E-state index < -0.39 is 5.82 Å². The normalized spacial score (nSPS) is 11.1. The minimum atomic E-state index is -0.464. The molecule has 0 aliphatic heterocycles. The highest BCUT2D eigenvalue weighted by Crippen LogP contribution is 2.29. The molecule has 0 unspecified atom stereocenters. The average molecular weight is 411 g/mol. The zero-order chi connectivity index (χ0) is 20.2. The van der Waals surface area contributed by atoms with Crippen LogP contribution in [-0.4, -0.2) is 25.0 Å². The summed E-state index contributed by atoms with van der Waals surface area (Å²) < 4.78 is 15.3. The van der Waals surface area contributed by atoms with Crippen LogP contribution in [0.5, 0.6) is 0 Å². The van der Waals surface area contributed by atoms with E-state index in [1.54, 1.807) is 6.07 Å². The molecule has 2 aromatic carbocycles. The number of halogens is 2. The number of benzene rings is 2. The van der Waals surface area contributed by atoms with E-state index in [9.17, 15) is 4.39 Å². The number of hydrogen-bond donors (Lipinski definition) is 1. The topological polar surface area (TPSA) is 68.5 Å². The summed E-state index contributed by atoms with van der Waals surface area (Å²) in [4.78, 5) is 8.67. The van der Waals surface area contributed by atoms with Crippen molar-refractivity contribution in [1.82, 2.24) is 25.0 Å². The van der Waals surface area contributed by atoms with Crippen molar-refractivity contribution in [3.05, 3.63) is 59.8 Å². The molecule has 8 heteroatoms. The maximum atomic E-state index is 13.4. The number of hydrogen-bond acceptors (Lipinski definition) is 5. The Bertz CT molecular complexity index is 1140. The lowest BCUT2D eigenvalue weighted by Gasteiger charge is -2.09. The van der Waals surface area contributed by atoms with Gasteiger partial charge in [0.1, 0.15) is 23.7 Å². The third-order valence-corrected chi connectivity index (χ3v) is 4.93. The Morgan fingerprint density at radius 1 is 1.10 bits per heavy atom. The number of aryl methyl sites for hydroxylation is 1. The van der Waals surface area contributed by atoms with Crippen molar-refractivity contribution in [3.63, 3.8) is 0 Å². The van der Waals surface area contributed by atoms with Gasteiger partial charge in [0.05, 0.1) is 16.7 Å². The smallest absolute Gasteiger partial charge is 0.141 e. The first-order valence-electron chi connectivity index (χ1n) is 9.51. The fourth-order valence-electron chi connectivity index (χ4n) is 3.09. The standard InChI is InChI=1S/C21H20ClFN6/c1-2-3-4-9-29-12-20(27-28-29)14-5-8-19-16(10-14)21(25-13-24-19)26-15-6-7-18(23)17(22)11-15/h5-8,10-13H,2-4,9H2,1H3,(H,24,25,26). The molecule has 6 nitrogen and oxygen atoms in total. The van der Waals surface area contributed by atoms with Crippen LogP contribution in [0.2, 0.25) is 5.02 Å². The van der Waals surface area contributed by atoms with Crippen LogP contribution >= 0.6 is 11.6 Å². The molecule has 0 bridgehead atoms. The highest BCUT2D eigenvalue weighted by molar-refractivity contribution is 6.31. The molecular formula is C21H20ClFN6. The molecule has 0 amide bonds. The summed E-state index contributed by atoms with van der Waals surface area (Å²) in [7, 11) is 0. The molecule has 0 fully saturated rings. The summed E-state index contributed by atoms with van der Waals surface area (Å²) in [6.45, 7) is 3.03. The van der Waals surface area contributed by atoms with Gasteiger partial charge >= 0.3 is 0 Å². The third-order valence-electron chi connectivity index (χ3n) is 4.64. The van der Waals surface area contributed by atoms with Crippen molar-refractivity contribution < 1.29 is 4.39 Å². The third kappa shape index (κ3) is 4.35. The first-order chi connectivity index (χ1) is 14.1. The van der Waals surface area contributed by atoms with Gasteiger partial charge in [0.2, 0.25) is 0 Å². The van der Waals surface area contributed by atoms with E-state index in [0.717, 1.165) is 35.1 Å². The van der Waals surface area contributed by atoms with Gasteiger partial charge in [0, 0.05) is 23.2 Å². The second-order valence-corrected chi connectivity index (χ2v) is 7.19. The van der Waals surface area contributed by atoms with E-state index in [0.29, 0.717) is 11.5 Å². The lowest BCUT2D eigenvalue weighted by atomic mass is 10.1. The number of unbranched alkanes of at least 4 members (excludes halogenated alkanes) is 2. The molecule has 4 rings (SSSR count). The Morgan fingerprint density at radius 3 is 2.83 bits per heavy atom. The molecule has 0 radical (unpaired) electrons. The van der Waals surface area contributed by atoms with Crippen LogP contribution in [0.4, 0.5) is 15.9 Å². The number of nitrogens with one attached hydrogen (secondary N) is 1. The number of anilines is 2. The first-order valence-corrected chi connectivity index (χ1v) is 9.89. The Morgan fingerprint density at radius 2 is 2.00 bits per heavy atom. The lowest BCUT2D eigenvalue weighted by Crippen LogP contribution is -1.98. The van der Waals surface area contributed by atoms with E-state index in [4.69, 9.17) is 11.6 Å². The summed E-state index contributed by atoms with van der Waals surface area (Å²) in [5.74, 6) is 0.143. The maximum absolute atomic E-state index is 13.4. The predicted molar refractivity (Wildman–Crippen MR) is 113 cm³/mol. The van der Waals surface area contributed by atoms with Gasteiger partial charge in [0.15, 0.2) is 0 Å². The molecular weight excluding hydrogens is 391 g/mol. The van der Waals surface area contributed by atoms with Crippen LogP contribution in [-0.2, 0) is 6.54 Å². The predicted octanol–water partition coefficient (Wildman–Crippen LogP) is 5.61. The highest BCUT2D eigenvalue weighted by atomic mass is 35.5. The molecule has 1 N–H and O–H groups in total. The van der Waals surface area contributed by atoms with Crippen LogP contribution in [0.1, 0.15) is 26.2 Å². The zero-order valence-electron chi connectivity index (χ0n) is 15.9. The summed E-state index contributed by atoms with van der Waals surface area (Å²) in [6, 6.07) is 10.3. The lowest BCUT2D eigenvalue weighted by molar-refractivity contribution is 0.537. The van der Waals surface area contributed by atoms with Crippen molar-refractivity contribution in [2.45, 2.75) is 32.7 Å². The Kier molecular flexibility index (Phi) is 5.67. The molecule has 0 spiro atoms. The highest BCUT2D eigenvalue weighted by Gasteiger charge is 2.10. The fourth-order valence-corrected chi connectivity index (χ4v) is 3.27. The summed E-state index contributed by atoms with van der Waals surface area (Å²) in [6.07, 6.45) is 6.86. The van der Waals surface area contributed by atoms with Crippen molar-refractivity contribution in [3.8, 4) is 11.3 Å². The zero-order valence-corrected chi connectivity index (χ0v) is 16.7. The summed E-state index contributed by atoms with van der Waals surface area (Å²) >= 11 is 5.89. The van der Waals surface area contributed by atoms with Crippen LogP contribution in [0, 0.1) is 5.82 Å². The average Bonchev–Trinajstić information content (AvgIpc) is 3.20. The van der Waals surface area contributed by atoms with Gasteiger partial charge in [-0.05, 0) is 36.8 Å². The van der Waals surface area contributed by atoms with Crippen LogP contribution < -0.4 is 5.32 Å². The van der Waals surface area contributed by atoms with E-state index in [2.05, 4.69) is 32.5 Å². The molecule has 0 aliphatic carbocycles. The molecule has 2 heterocycles. The van der Waals surface area contributed by atoms with Crippen LogP contribution in [0.3, 0.4) is 0 Å². The summed E-state index contributed by atoms with van der Waals surface area (Å²) in [5.41, 5.74) is 3.15. The van der Waals surface area contributed by atoms with Gasteiger partial charge in [-0.25, -0.2) is 14.4 Å². The van der Waals surface area contributed by atoms with Gasteiger partial charge in [-0.2, -0.15) is 0 Å². The molecule has 4 aromatic rings. The van der Waals surface area contributed by atoms with Crippen molar-refractivity contribution >= 4 is 34.0 Å².